The van der Waals surface area contributed by atoms with Crippen molar-refractivity contribution in [2.75, 3.05) is 0 Å². The number of hydrogen-bond acceptors (Lipinski definition) is 2. The fourth-order valence-corrected chi connectivity index (χ4v) is 2.91. The minimum atomic E-state index is -1.50. The van der Waals surface area contributed by atoms with Gasteiger partial charge in [0.25, 0.3) is 0 Å². The quantitative estimate of drug-likeness (QED) is 0.883. The summed E-state index contributed by atoms with van der Waals surface area (Å²) in [7, 11) is -1.50. The number of aromatic carboxylic acids is 1. The van der Waals surface area contributed by atoms with Gasteiger partial charge >= 0.3 is 5.97 Å². The van der Waals surface area contributed by atoms with Gasteiger partial charge in [0, 0.05) is 5.25 Å². The lowest BCUT2D eigenvalue weighted by Crippen LogP contribution is -2.13. The third-order valence-electron chi connectivity index (χ3n) is 2.46. The average Bonchev–Trinajstić information content (AvgIpc) is 2.28. The molecule has 17 heavy (non-hydrogen) atoms. The SMILES string of the molecule is CCCC(C)S(=O)c1cc(C(=O)O)ccc1F. The molecule has 0 aliphatic heterocycles. The van der Waals surface area contributed by atoms with Gasteiger partial charge < -0.3 is 5.11 Å². The van der Waals surface area contributed by atoms with Crippen LogP contribution in [0.5, 0.6) is 0 Å². The van der Waals surface area contributed by atoms with E-state index in [4.69, 9.17) is 5.11 Å². The molecule has 0 fully saturated rings. The highest BCUT2D eigenvalue weighted by Gasteiger charge is 2.18. The summed E-state index contributed by atoms with van der Waals surface area (Å²) in [5, 5.41) is 8.62. The summed E-state index contributed by atoms with van der Waals surface area (Å²) in [4.78, 5) is 10.7. The van der Waals surface area contributed by atoms with E-state index >= 15 is 0 Å². The molecule has 0 aromatic heterocycles. The highest BCUT2D eigenvalue weighted by molar-refractivity contribution is 7.85. The Kier molecular flexibility index (Phi) is 4.81. The Bertz CT molecular complexity index is 445. The van der Waals surface area contributed by atoms with Crippen LogP contribution < -0.4 is 0 Å². The molecule has 2 atom stereocenters. The third kappa shape index (κ3) is 3.36. The molecule has 1 aromatic carbocycles. The molecular weight excluding hydrogens is 243 g/mol. The highest BCUT2D eigenvalue weighted by Crippen LogP contribution is 2.20. The van der Waals surface area contributed by atoms with Crippen LogP contribution in [0.2, 0.25) is 0 Å². The maximum absolute atomic E-state index is 13.5. The topological polar surface area (TPSA) is 54.4 Å². The Morgan fingerprint density at radius 3 is 2.71 bits per heavy atom. The van der Waals surface area contributed by atoms with Crippen molar-refractivity contribution >= 4 is 16.8 Å². The van der Waals surface area contributed by atoms with Crippen molar-refractivity contribution in [2.24, 2.45) is 0 Å². The molecule has 0 aliphatic carbocycles. The van der Waals surface area contributed by atoms with Crippen LogP contribution in [0, 0.1) is 5.82 Å². The van der Waals surface area contributed by atoms with Crippen molar-refractivity contribution in [3.05, 3.63) is 29.6 Å². The smallest absolute Gasteiger partial charge is 0.335 e. The molecule has 1 rings (SSSR count). The molecule has 0 saturated carbocycles. The Hall–Kier alpha value is -1.23. The fourth-order valence-electron chi connectivity index (χ4n) is 1.52. The zero-order valence-corrected chi connectivity index (χ0v) is 10.6. The zero-order chi connectivity index (χ0) is 13.0. The Balaban J connectivity index is 3.07. The van der Waals surface area contributed by atoms with Crippen LogP contribution in [0.3, 0.4) is 0 Å². The predicted molar refractivity (Wildman–Crippen MR) is 64.1 cm³/mol. The summed E-state index contributed by atoms with van der Waals surface area (Å²) < 4.78 is 25.5. The lowest BCUT2D eigenvalue weighted by atomic mass is 10.2. The van der Waals surface area contributed by atoms with Crippen molar-refractivity contribution < 1.29 is 18.5 Å². The van der Waals surface area contributed by atoms with Gasteiger partial charge in [-0.25, -0.2) is 9.18 Å². The molecule has 0 spiro atoms. The van der Waals surface area contributed by atoms with Gasteiger partial charge in [-0.1, -0.05) is 20.3 Å². The summed E-state index contributed by atoms with van der Waals surface area (Å²) in [5.41, 5.74) is -0.0431. The van der Waals surface area contributed by atoms with Gasteiger partial charge in [0.2, 0.25) is 0 Å². The minimum absolute atomic E-state index is 0.0224. The van der Waals surface area contributed by atoms with E-state index in [-0.39, 0.29) is 15.7 Å². The first-order valence-electron chi connectivity index (χ1n) is 5.40. The van der Waals surface area contributed by atoms with E-state index in [1.807, 2.05) is 6.92 Å². The fraction of sp³-hybridized carbons (Fsp3) is 0.417. The second kappa shape index (κ2) is 5.91. The minimum Gasteiger partial charge on any atom is -0.478 e. The molecule has 5 heteroatoms. The molecule has 0 radical (unpaired) electrons. The molecule has 1 N–H and O–H groups in total. The summed E-state index contributed by atoms with van der Waals surface area (Å²) in [6.07, 6.45) is 1.57. The first kappa shape index (κ1) is 13.8. The predicted octanol–water partition coefficient (Wildman–Crippen LogP) is 2.82. The normalized spacial score (nSPS) is 14.3. The zero-order valence-electron chi connectivity index (χ0n) is 9.77. The summed E-state index contributed by atoms with van der Waals surface area (Å²) in [6.45, 7) is 3.73. The van der Waals surface area contributed by atoms with Crippen molar-refractivity contribution in [3.63, 3.8) is 0 Å². The Morgan fingerprint density at radius 2 is 2.18 bits per heavy atom. The van der Waals surface area contributed by atoms with Crippen LogP contribution in [0.1, 0.15) is 37.0 Å². The largest absolute Gasteiger partial charge is 0.478 e. The molecule has 0 saturated heterocycles. The molecule has 2 unspecified atom stereocenters. The summed E-state index contributed by atoms with van der Waals surface area (Å²) >= 11 is 0. The molecular formula is C12H15FO3S. The first-order valence-corrected chi connectivity index (χ1v) is 6.62. The van der Waals surface area contributed by atoms with Gasteiger partial charge in [0.1, 0.15) is 5.82 Å². The number of carboxylic acid groups (broad SMARTS) is 1. The molecule has 0 heterocycles. The van der Waals surface area contributed by atoms with Gasteiger partial charge in [0.05, 0.1) is 21.3 Å². The third-order valence-corrected chi connectivity index (χ3v) is 4.17. The van der Waals surface area contributed by atoms with Crippen LogP contribution in [0.4, 0.5) is 4.39 Å². The maximum Gasteiger partial charge on any atom is 0.335 e. The van der Waals surface area contributed by atoms with E-state index in [1.165, 1.54) is 6.07 Å². The van der Waals surface area contributed by atoms with E-state index in [0.29, 0.717) is 6.42 Å². The average molecular weight is 258 g/mol. The second-order valence-corrected chi connectivity index (χ2v) is 5.69. The number of rotatable bonds is 5. The van der Waals surface area contributed by atoms with E-state index in [2.05, 4.69) is 0 Å². The van der Waals surface area contributed by atoms with Crippen molar-refractivity contribution in [1.29, 1.82) is 0 Å². The van der Waals surface area contributed by atoms with E-state index in [9.17, 15) is 13.4 Å². The number of halogens is 1. The first-order chi connectivity index (χ1) is 7.97. The summed E-state index contributed by atoms with van der Waals surface area (Å²) in [6, 6.07) is 3.37. The number of hydrogen-bond donors (Lipinski definition) is 1. The van der Waals surface area contributed by atoms with Crippen LogP contribution >= 0.6 is 0 Å². The van der Waals surface area contributed by atoms with Gasteiger partial charge in [-0.15, -0.1) is 0 Å². The van der Waals surface area contributed by atoms with E-state index in [0.717, 1.165) is 18.6 Å². The lowest BCUT2D eigenvalue weighted by Gasteiger charge is -2.11. The Morgan fingerprint density at radius 1 is 1.53 bits per heavy atom. The van der Waals surface area contributed by atoms with Crippen molar-refractivity contribution in [3.8, 4) is 0 Å². The number of benzene rings is 1. The van der Waals surface area contributed by atoms with Gasteiger partial charge in [0.15, 0.2) is 0 Å². The van der Waals surface area contributed by atoms with Crippen molar-refractivity contribution in [1.82, 2.24) is 0 Å². The molecule has 0 aliphatic rings. The number of carbonyl (C=O) groups is 1. The molecule has 0 amide bonds. The van der Waals surface area contributed by atoms with Crippen LogP contribution in [0.25, 0.3) is 0 Å². The lowest BCUT2D eigenvalue weighted by molar-refractivity contribution is 0.0696. The summed E-state index contributed by atoms with van der Waals surface area (Å²) in [5.74, 6) is -1.76. The van der Waals surface area contributed by atoms with E-state index < -0.39 is 22.6 Å². The van der Waals surface area contributed by atoms with Gasteiger partial charge in [-0.3, -0.25) is 4.21 Å². The standard InChI is InChI=1S/C12H15FO3S/c1-3-4-8(2)17(16)11-7-9(12(14)15)5-6-10(11)13/h5-8H,3-4H2,1-2H3,(H,14,15). The van der Waals surface area contributed by atoms with Gasteiger partial charge in [-0.05, 0) is 24.6 Å². The molecule has 3 nitrogen and oxygen atoms in total. The second-order valence-electron chi connectivity index (χ2n) is 3.85. The maximum atomic E-state index is 13.5. The molecule has 94 valence electrons. The monoisotopic (exact) mass is 258 g/mol. The van der Waals surface area contributed by atoms with Gasteiger partial charge in [-0.2, -0.15) is 0 Å². The Labute approximate surface area is 102 Å². The highest BCUT2D eigenvalue weighted by atomic mass is 32.2. The number of carboxylic acids is 1. The van der Waals surface area contributed by atoms with Crippen LogP contribution in [-0.2, 0) is 10.8 Å². The molecule has 0 bridgehead atoms. The van der Waals surface area contributed by atoms with Crippen LogP contribution in [0.15, 0.2) is 23.1 Å². The van der Waals surface area contributed by atoms with Crippen molar-refractivity contribution in [2.45, 2.75) is 36.8 Å². The molecule has 1 aromatic rings. The van der Waals surface area contributed by atoms with E-state index in [1.54, 1.807) is 6.92 Å². The van der Waals surface area contributed by atoms with Crippen LogP contribution in [-0.4, -0.2) is 20.5 Å².